The van der Waals surface area contributed by atoms with E-state index in [0.717, 1.165) is 28.2 Å². The molecule has 2 heteroatoms. The van der Waals surface area contributed by atoms with Crippen LogP contribution in [0.4, 0.5) is 0 Å². The van der Waals surface area contributed by atoms with Gasteiger partial charge < -0.3 is 9.47 Å². The molecule has 0 amide bonds. The van der Waals surface area contributed by atoms with Crippen LogP contribution in [0.2, 0.25) is 0 Å². The fourth-order valence-electron chi connectivity index (χ4n) is 1.77. The van der Waals surface area contributed by atoms with Gasteiger partial charge >= 0.3 is 0 Å². The molecule has 0 saturated heterocycles. The summed E-state index contributed by atoms with van der Waals surface area (Å²) in [5.41, 5.74) is 3.25. The molecule has 0 fully saturated rings. The topological polar surface area (TPSA) is 18.5 Å². The van der Waals surface area contributed by atoms with Crippen LogP contribution >= 0.6 is 0 Å². The summed E-state index contributed by atoms with van der Waals surface area (Å²) in [5.74, 6) is 1.90. The molecule has 90 valence electrons. The van der Waals surface area contributed by atoms with Crippen molar-refractivity contribution in [3.05, 3.63) is 22.8 Å². The largest absolute Gasteiger partial charge is 0.496 e. The van der Waals surface area contributed by atoms with Crippen LogP contribution in [0.5, 0.6) is 11.5 Å². The molecule has 0 atom stereocenters. The molecule has 2 nitrogen and oxygen atoms in total. The summed E-state index contributed by atoms with van der Waals surface area (Å²) in [6.07, 6.45) is 0. The molecule has 0 aromatic heterocycles. The van der Waals surface area contributed by atoms with Gasteiger partial charge in [-0.25, -0.2) is 0 Å². The van der Waals surface area contributed by atoms with Crippen molar-refractivity contribution < 1.29 is 9.47 Å². The van der Waals surface area contributed by atoms with E-state index in [0.29, 0.717) is 0 Å². The predicted octanol–water partition coefficient (Wildman–Crippen LogP) is 3.80. The maximum absolute atomic E-state index is 5.94. The van der Waals surface area contributed by atoms with Gasteiger partial charge in [0.1, 0.15) is 17.1 Å². The van der Waals surface area contributed by atoms with Gasteiger partial charge in [0, 0.05) is 0 Å². The Hall–Kier alpha value is -1.18. The smallest absolute Gasteiger partial charge is 0.125 e. The van der Waals surface area contributed by atoms with E-state index >= 15 is 0 Å². The van der Waals surface area contributed by atoms with Gasteiger partial charge in [0.05, 0.1) is 7.11 Å². The van der Waals surface area contributed by atoms with Crippen LogP contribution in [0.3, 0.4) is 0 Å². The minimum absolute atomic E-state index is 0.168. The normalized spacial score (nSPS) is 11.4. The van der Waals surface area contributed by atoms with Crippen LogP contribution in [0.1, 0.15) is 37.5 Å². The van der Waals surface area contributed by atoms with E-state index in [1.165, 1.54) is 0 Å². The minimum atomic E-state index is -0.168. The highest BCUT2D eigenvalue weighted by Gasteiger charge is 2.17. The highest BCUT2D eigenvalue weighted by Crippen LogP contribution is 2.34. The van der Waals surface area contributed by atoms with E-state index in [4.69, 9.17) is 9.47 Å². The summed E-state index contributed by atoms with van der Waals surface area (Å²) in [6.45, 7) is 12.3. The van der Waals surface area contributed by atoms with E-state index < -0.39 is 0 Å². The van der Waals surface area contributed by atoms with Crippen molar-refractivity contribution in [2.24, 2.45) is 0 Å². The number of rotatable bonds is 2. The summed E-state index contributed by atoms with van der Waals surface area (Å²) in [6, 6.07) is 2.05. The Bertz CT molecular complexity index is 387. The summed E-state index contributed by atoms with van der Waals surface area (Å²) in [5, 5.41) is 0. The third kappa shape index (κ3) is 2.69. The summed E-state index contributed by atoms with van der Waals surface area (Å²) in [4.78, 5) is 0. The second-order valence-corrected chi connectivity index (χ2v) is 5.19. The third-order valence-electron chi connectivity index (χ3n) is 2.60. The van der Waals surface area contributed by atoms with Crippen LogP contribution in [0.25, 0.3) is 0 Å². The maximum atomic E-state index is 5.94. The van der Waals surface area contributed by atoms with E-state index in [-0.39, 0.29) is 5.60 Å². The number of benzene rings is 1. The summed E-state index contributed by atoms with van der Waals surface area (Å²) in [7, 11) is 1.71. The molecule has 0 radical (unpaired) electrons. The lowest BCUT2D eigenvalue weighted by Gasteiger charge is -2.24. The Morgan fingerprint density at radius 2 is 1.56 bits per heavy atom. The van der Waals surface area contributed by atoms with Crippen LogP contribution < -0.4 is 9.47 Å². The zero-order valence-electron chi connectivity index (χ0n) is 11.4. The molecule has 16 heavy (non-hydrogen) atoms. The average Bonchev–Trinajstić information content (AvgIpc) is 2.12. The molecule has 0 heterocycles. The molecule has 0 bridgehead atoms. The lowest BCUT2D eigenvalue weighted by Crippen LogP contribution is -2.23. The van der Waals surface area contributed by atoms with Gasteiger partial charge in [-0.2, -0.15) is 0 Å². The number of hydrogen-bond donors (Lipinski definition) is 0. The molecule has 1 rings (SSSR count). The lowest BCUT2D eigenvalue weighted by molar-refractivity contribution is 0.129. The zero-order chi connectivity index (χ0) is 12.5. The molecule has 0 unspecified atom stereocenters. The van der Waals surface area contributed by atoms with Crippen molar-refractivity contribution in [2.75, 3.05) is 7.11 Å². The van der Waals surface area contributed by atoms with Gasteiger partial charge in [0.2, 0.25) is 0 Å². The second kappa shape index (κ2) is 4.36. The van der Waals surface area contributed by atoms with Gasteiger partial charge in [-0.15, -0.1) is 0 Å². The first-order valence-electron chi connectivity index (χ1n) is 5.60. The SMILES string of the molecule is COc1c(C)cc(OC(C)(C)C)c(C)c1C. The standard InChI is InChI=1S/C14H22O2/c1-9-8-12(16-14(4,5)6)10(2)11(3)13(9)15-7/h8H,1-7H3. The fourth-order valence-corrected chi connectivity index (χ4v) is 1.77. The third-order valence-corrected chi connectivity index (χ3v) is 2.60. The quantitative estimate of drug-likeness (QED) is 0.757. The molecule has 0 saturated carbocycles. The van der Waals surface area contributed by atoms with E-state index in [1.807, 2.05) is 13.0 Å². The first-order chi connectivity index (χ1) is 7.26. The molecular formula is C14H22O2. The monoisotopic (exact) mass is 222 g/mol. The number of methoxy groups -OCH3 is 1. The number of hydrogen-bond acceptors (Lipinski definition) is 2. The van der Waals surface area contributed by atoms with Crippen molar-refractivity contribution in [3.8, 4) is 11.5 Å². The van der Waals surface area contributed by atoms with Gasteiger partial charge in [-0.05, 0) is 64.3 Å². The summed E-state index contributed by atoms with van der Waals surface area (Å²) >= 11 is 0. The van der Waals surface area contributed by atoms with E-state index in [9.17, 15) is 0 Å². The van der Waals surface area contributed by atoms with Crippen molar-refractivity contribution in [2.45, 2.75) is 47.1 Å². The zero-order valence-corrected chi connectivity index (χ0v) is 11.4. The van der Waals surface area contributed by atoms with Crippen molar-refractivity contribution in [1.82, 2.24) is 0 Å². The van der Waals surface area contributed by atoms with Crippen LogP contribution in [0.15, 0.2) is 6.07 Å². The average molecular weight is 222 g/mol. The first-order valence-corrected chi connectivity index (χ1v) is 5.60. The Labute approximate surface area is 98.6 Å². The van der Waals surface area contributed by atoms with Crippen LogP contribution in [0, 0.1) is 20.8 Å². The second-order valence-electron chi connectivity index (χ2n) is 5.19. The molecule has 1 aromatic carbocycles. The highest BCUT2D eigenvalue weighted by atomic mass is 16.5. The van der Waals surface area contributed by atoms with Crippen molar-refractivity contribution >= 4 is 0 Å². The predicted molar refractivity (Wildman–Crippen MR) is 67.6 cm³/mol. The van der Waals surface area contributed by atoms with Gasteiger partial charge in [0.25, 0.3) is 0 Å². The number of aryl methyl sites for hydroxylation is 1. The minimum Gasteiger partial charge on any atom is -0.496 e. The Kier molecular flexibility index (Phi) is 3.51. The van der Waals surface area contributed by atoms with Gasteiger partial charge in [-0.3, -0.25) is 0 Å². The summed E-state index contributed by atoms with van der Waals surface area (Å²) < 4.78 is 11.3. The Balaban J connectivity index is 3.23. The molecule has 0 N–H and O–H groups in total. The molecule has 0 spiro atoms. The number of ether oxygens (including phenoxy) is 2. The molecular weight excluding hydrogens is 200 g/mol. The molecule has 0 aliphatic heterocycles. The Morgan fingerprint density at radius 1 is 1.00 bits per heavy atom. The van der Waals surface area contributed by atoms with Crippen molar-refractivity contribution in [3.63, 3.8) is 0 Å². The van der Waals surface area contributed by atoms with Gasteiger partial charge in [0.15, 0.2) is 0 Å². The maximum Gasteiger partial charge on any atom is 0.125 e. The highest BCUT2D eigenvalue weighted by molar-refractivity contribution is 5.52. The van der Waals surface area contributed by atoms with Gasteiger partial charge in [-0.1, -0.05) is 0 Å². The Morgan fingerprint density at radius 3 is 2.00 bits per heavy atom. The lowest BCUT2D eigenvalue weighted by atomic mass is 10.0. The fraction of sp³-hybridized carbons (Fsp3) is 0.571. The van der Waals surface area contributed by atoms with E-state index in [1.54, 1.807) is 7.11 Å². The molecule has 0 aliphatic carbocycles. The molecule has 1 aromatic rings. The van der Waals surface area contributed by atoms with Crippen LogP contribution in [-0.2, 0) is 0 Å². The van der Waals surface area contributed by atoms with E-state index in [2.05, 4.69) is 34.6 Å². The first kappa shape index (κ1) is 12.9. The molecule has 0 aliphatic rings. The van der Waals surface area contributed by atoms with Crippen molar-refractivity contribution in [1.29, 1.82) is 0 Å². The van der Waals surface area contributed by atoms with Crippen LogP contribution in [-0.4, -0.2) is 12.7 Å².